The Kier molecular flexibility index (Phi) is 2.13. The number of aryl methyl sites for hydroxylation is 1. The standard InChI is InChI=1S/C12H14N4/c1-8-14-12(16-15-8)6-9-7-13-11-5-3-2-4-10(9)11/h2-5,9,13H,6-7H2,1H3,(H,14,15,16). The summed E-state index contributed by atoms with van der Waals surface area (Å²) in [7, 11) is 0. The molecule has 0 saturated heterocycles. The lowest BCUT2D eigenvalue weighted by molar-refractivity contribution is 0.715. The maximum atomic E-state index is 4.35. The molecule has 0 fully saturated rings. The van der Waals surface area contributed by atoms with Gasteiger partial charge in [-0.05, 0) is 18.6 Å². The fourth-order valence-electron chi connectivity index (χ4n) is 2.24. The molecule has 3 rings (SSSR count). The fourth-order valence-corrected chi connectivity index (χ4v) is 2.24. The quantitative estimate of drug-likeness (QED) is 0.802. The van der Waals surface area contributed by atoms with Gasteiger partial charge in [0.25, 0.3) is 0 Å². The highest BCUT2D eigenvalue weighted by Gasteiger charge is 2.22. The number of anilines is 1. The highest BCUT2D eigenvalue weighted by atomic mass is 15.2. The van der Waals surface area contributed by atoms with Crippen LogP contribution in [0.3, 0.4) is 0 Å². The predicted molar refractivity (Wildman–Crippen MR) is 62.5 cm³/mol. The minimum absolute atomic E-state index is 0.492. The average Bonchev–Trinajstić information content (AvgIpc) is 2.87. The zero-order valence-corrected chi connectivity index (χ0v) is 9.20. The van der Waals surface area contributed by atoms with E-state index in [1.165, 1.54) is 11.3 Å². The summed E-state index contributed by atoms with van der Waals surface area (Å²) in [4.78, 5) is 4.35. The lowest BCUT2D eigenvalue weighted by Gasteiger charge is -2.06. The van der Waals surface area contributed by atoms with Gasteiger partial charge >= 0.3 is 0 Å². The van der Waals surface area contributed by atoms with Gasteiger partial charge in [0.15, 0.2) is 5.82 Å². The lowest BCUT2D eigenvalue weighted by Crippen LogP contribution is -2.06. The van der Waals surface area contributed by atoms with Gasteiger partial charge in [0.2, 0.25) is 0 Å². The molecule has 0 radical (unpaired) electrons. The van der Waals surface area contributed by atoms with E-state index in [1.54, 1.807) is 0 Å². The van der Waals surface area contributed by atoms with E-state index in [0.717, 1.165) is 24.6 Å². The molecule has 4 nitrogen and oxygen atoms in total. The van der Waals surface area contributed by atoms with Crippen LogP contribution in [0.1, 0.15) is 23.1 Å². The maximum Gasteiger partial charge on any atom is 0.151 e. The van der Waals surface area contributed by atoms with Crippen molar-refractivity contribution in [2.24, 2.45) is 0 Å². The lowest BCUT2D eigenvalue weighted by atomic mass is 9.98. The van der Waals surface area contributed by atoms with Gasteiger partial charge in [-0.2, -0.15) is 5.10 Å². The van der Waals surface area contributed by atoms with Crippen LogP contribution in [0.5, 0.6) is 0 Å². The number of fused-ring (bicyclic) bond motifs is 1. The number of hydrogen-bond acceptors (Lipinski definition) is 3. The number of rotatable bonds is 2. The Morgan fingerprint density at radius 1 is 1.38 bits per heavy atom. The third kappa shape index (κ3) is 1.56. The maximum absolute atomic E-state index is 4.35. The molecule has 1 atom stereocenters. The normalized spacial score (nSPS) is 18.2. The number of nitrogens with one attached hydrogen (secondary N) is 2. The summed E-state index contributed by atoms with van der Waals surface area (Å²) in [5.41, 5.74) is 2.63. The molecule has 4 heteroatoms. The number of H-pyrrole nitrogens is 1. The van der Waals surface area contributed by atoms with Crippen molar-refractivity contribution in [2.75, 3.05) is 11.9 Å². The summed E-state index contributed by atoms with van der Waals surface area (Å²) >= 11 is 0. The van der Waals surface area contributed by atoms with Crippen molar-refractivity contribution in [2.45, 2.75) is 19.3 Å². The molecule has 1 aromatic heterocycles. The first-order chi connectivity index (χ1) is 7.83. The minimum atomic E-state index is 0.492. The second kappa shape index (κ2) is 3.63. The van der Waals surface area contributed by atoms with Crippen molar-refractivity contribution >= 4 is 5.69 Å². The molecular weight excluding hydrogens is 200 g/mol. The van der Waals surface area contributed by atoms with Gasteiger partial charge in [-0.25, -0.2) is 4.98 Å². The molecule has 1 aliphatic heterocycles. The van der Waals surface area contributed by atoms with E-state index in [2.05, 4.69) is 44.8 Å². The van der Waals surface area contributed by atoms with Crippen molar-refractivity contribution in [3.05, 3.63) is 41.5 Å². The minimum Gasteiger partial charge on any atom is -0.384 e. The van der Waals surface area contributed by atoms with Crippen molar-refractivity contribution < 1.29 is 0 Å². The molecule has 2 heterocycles. The number of benzene rings is 1. The number of nitrogens with zero attached hydrogens (tertiary/aromatic N) is 2. The zero-order valence-electron chi connectivity index (χ0n) is 9.20. The second-order valence-electron chi connectivity index (χ2n) is 4.21. The Labute approximate surface area is 94.1 Å². The molecule has 2 aromatic rings. The van der Waals surface area contributed by atoms with E-state index in [0.29, 0.717) is 5.92 Å². The Morgan fingerprint density at radius 3 is 3.06 bits per heavy atom. The SMILES string of the molecule is Cc1nc(CC2CNc3ccccc32)n[nH]1. The highest BCUT2D eigenvalue weighted by molar-refractivity contribution is 5.57. The van der Waals surface area contributed by atoms with Crippen LogP contribution in [0.2, 0.25) is 0 Å². The van der Waals surface area contributed by atoms with Crippen LogP contribution in [0.15, 0.2) is 24.3 Å². The van der Waals surface area contributed by atoms with Gasteiger partial charge in [-0.3, -0.25) is 5.10 Å². The molecule has 1 aromatic carbocycles. The Morgan fingerprint density at radius 2 is 2.25 bits per heavy atom. The summed E-state index contributed by atoms with van der Waals surface area (Å²) < 4.78 is 0. The van der Waals surface area contributed by atoms with Crippen LogP contribution in [0.4, 0.5) is 5.69 Å². The summed E-state index contributed by atoms with van der Waals surface area (Å²) in [6.45, 7) is 2.91. The monoisotopic (exact) mass is 214 g/mol. The molecule has 0 aliphatic carbocycles. The van der Waals surface area contributed by atoms with E-state index < -0.39 is 0 Å². The molecule has 2 N–H and O–H groups in total. The van der Waals surface area contributed by atoms with Gasteiger partial charge in [0.05, 0.1) is 0 Å². The summed E-state index contributed by atoms with van der Waals surface area (Å²) in [6.07, 6.45) is 0.897. The second-order valence-corrected chi connectivity index (χ2v) is 4.21. The van der Waals surface area contributed by atoms with Crippen LogP contribution in [-0.4, -0.2) is 21.7 Å². The topological polar surface area (TPSA) is 53.6 Å². The average molecular weight is 214 g/mol. The molecular formula is C12H14N4. The molecule has 1 unspecified atom stereocenters. The Hall–Kier alpha value is -1.84. The number of aromatic amines is 1. The first kappa shape index (κ1) is 9.39. The zero-order chi connectivity index (χ0) is 11.0. The number of hydrogen-bond donors (Lipinski definition) is 2. The van der Waals surface area contributed by atoms with E-state index in [9.17, 15) is 0 Å². The van der Waals surface area contributed by atoms with Crippen LogP contribution in [0.25, 0.3) is 0 Å². The molecule has 0 bridgehead atoms. The molecule has 1 aliphatic rings. The van der Waals surface area contributed by atoms with Gasteiger partial charge in [0.1, 0.15) is 5.82 Å². The summed E-state index contributed by atoms with van der Waals surface area (Å²) in [5.74, 6) is 2.28. The molecule has 82 valence electrons. The van der Waals surface area contributed by atoms with Crippen molar-refractivity contribution in [1.82, 2.24) is 15.2 Å². The van der Waals surface area contributed by atoms with Crippen LogP contribution < -0.4 is 5.32 Å². The van der Waals surface area contributed by atoms with Gasteiger partial charge in [-0.15, -0.1) is 0 Å². The molecule has 0 saturated carbocycles. The largest absolute Gasteiger partial charge is 0.384 e. The Balaban J connectivity index is 1.83. The van der Waals surface area contributed by atoms with E-state index >= 15 is 0 Å². The van der Waals surface area contributed by atoms with E-state index in [4.69, 9.17) is 0 Å². The fraction of sp³-hybridized carbons (Fsp3) is 0.333. The number of aromatic nitrogens is 3. The van der Waals surface area contributed by atoms with E-state index in [1.807, 2.05) is 6.92 Å². The van der Waals surface area contributed by atoms with Crippen LogP contribution in [-0.2, 0) is 6.42 Å². The first-order valence-electron chi connectivity index (χ1n) is 5.53. The van der Waals surface area contributed by atoms with Gasteiger partial charge in [-0.1, -0.05) is 18.2 Å². The van der Waals surface area contributed by atoms with Crippen LogP contribution >= 0.6 is 0 Å². The smallest absolute Gasteiger partial charge is 0.151 e. The molecule has 0 amide bonds. The third-order valence-corrected chi connectivity index (χ3v) is 3.01. The van der Waals surface area contributed by atoms with Crippen LogP contribution in [0, 0.1) is 6.92 Å². The van der Waals surface area contributed by atoms with Gasteiger partial charge in [0, 0.05) is 24.6 Å². The highest BCUT2D eigenvalue weighted by Crippen LogP contribution is 2.32. The third-order valence-electron chi connectivity index (χ3n) is 3.01. The van der Waals surface area contributed by atoms with Gasteiger partial charge < -0.3 is 5.32 Å². The predicted octanol–water partition coefficient (Wildman–Crippen LogP) is 1.86. The van der Waals surface area contributed by atoms with Crippen molar-refractivity contribution in [3.8, 4) is 0 Å². The number of para-hydroxylation sites is 1. The molecule has 0 spiro atoms. The van der Waals surface area contributed by atoms with E-state index in [-0.39, 0.29) is 0 Å². The summed E-state index contributed by atoms with van der Waals surface area (Å²) in [6, 6.07) is 8.45. The first-order valence-corrected chi connectivity index (χ1v) is 5.53. The Bertz CT molecular complexity index is 503. The molecule has 16 heavy (non-hydrogen) atoms. The van der Waals surface area contributed by atoms with Crippen molar-refractivity contribution in [3.63, 3.8) is 0 Å². The van der Waals surface area contributed by atoms with Crippen molar-refractivity contribution in [1.29, 1.82) is 0 Å². The summed E-state index contributed by atoms with van der Waals surface area (Å²) in [5, 5.41) is 10.5.